The highest BCUT2D eigenvalue weighted by atomic mass is 15.1. The van der Waals surface area contributed by atoms with E-state index in [-0.39, 0.29) is 6.04 Å². The lowest BCUT2D eigenvalue weighted by atomic mass is 9.92. The highest BCUT2D eigenvalue weighted by Crippen LogP contribution is 2.29. The van der Waals surface area contributed by atoms with Crippen molar-refractivity contribution in [3.8, 4) is 0 Å². The number of aromatic nitrogens is 2. The first-order valence-electron chi connectivity index (χ1n) is 7.57. The molecule has 2 aromatic rings. The monoisotopic (exact) mass is 271 g/mol. The van der Waals surface area contributed by atoms with Gasteiger partial charge in [0.05, 0.1) is 6.04 Å². The van der Waals surface area contributed by atoms with Crippen molar-refractivity contribution in [2.45, 2.75) is 45.7 Å². The lowest BCUT2D eigenvalue weighted by Gasteiger charge is -2.25. The van der Waals surface area contributed by atoms with Gasteiger partial charge in [0.25, 0.3) is 0 Å². The largest absolute Gasteiger partial charge is 0.334 e. The van der Waals surface area contributed by atoms with Gasteiger partial charge in [0.15, 0.2) is 0 Å². The zero-order valence-corrected chi connectivity index (χ0v) is 12.7. The number of hydrogen-bond acceptors (Lipinski definition) is 2. The van der Waals surface area contributed by atoms with Crippen LogP contribution in [0.2, 0.25) is 0 Å². The average Bonchev–Trinajstić information content (AvgIpc) is 2.93. The van der Waals surface area contributed by atoms with Crippen molar-refractivity contribution in [3.05, 3.63) is 54.1 Å². The van der Waals surface area contributed by atoms with Gasteiger partial charge in [-0.2, -0.15) is 0 Å². The van der Waals surface area contributed by atoms with E-state index in [2.05, 4.69) is 72.2 Å². The summed E-state index contributed by atoms with van der Waals surface area (Å²) >= 11 is 0. The van der Waals surface area contributed by atoms with E-state index in [9.17, 15) is 0 Å². The van der Waals surface area contributed by atoms with E-state index in [1.54, 1.807) is 0 Å². The van der Waals surface area contributed by atoms with Gasteiger partial charge >= 0.3 is 0 Å². The molecule has 0 radical (unpaired) electrons. The minimum atomic E-state index is 0.254. The molecule has 0 saturated heterocycles. The number of benzene rings is 1. The summed E-state index contributed by atoms with van der Waals surface area (Å²) < 4.78 is 2.27. The maximum absolute atomic E-state index is 4.60. The van der Waals surface area contributed by atoms with Crippen LogP contribution in [0.4, 0.5) is 0 Å². The Morgan fingerprint density at radius 1 is 1.20 bits per heavy atom. The first-order chi connectivity index (χ1) is 9.77. The van der Waals surface area contributed by atoms with Gasteiger partial charge in [0.2, 0.25) is 0 Å². The minimum absolute atomic E-state index is 0.254. The molecule has 0 aliphatic carbocycles. The normalized spacial score (nSPS) is 14.2. The summed E-state index contributed by atoms with van der Waals surface area (Å²) in [5.74, 6) is 1.54. The predicted molar refractivity (Wildman–Crippen MR) is 83.8 cm³/mol. The summed E-state index contributed by atoms with van der Waals surface area (Å²) in [7, 11) is 0. The summed E-state index contributed by atoms with van der Waals surface area (Å²) in [5.41, 5.74) is 1.35. The molecule has 0 saturated carbocycles. The van der Waals surface area contributed by atoms with Crippen LogP contribution in [0.15, 0.2) is 42.7 Å². The third-order valence-corrected chi connectivity index (χ3v) is 3.74. The molecule has 1 N–H and O–H groups in total. The summed E-state index contributed by atoms with van der Waals surface area (Å²) in [4.78, 5) is 4.60. The molecule has 1 aromatic carbocycles. The standard InChI is InChI=1S/C17H25N3/c1-4-12-20-13-11-19-17(20)16(18-5-2)14(3)15-9-7-6-8-10-15/h6-11,13-14,16,18H,4-5,12H2,1-3H3. The van der Waals surface area contributed by atoms with Crippen molar-refractivity contribution in [1.82, 2.24) is 14.9 Å². The molecular weight excluding hydrogens is 246 g/mol. The van der Waals surface area contributed by atoms with Crippen molar-refractivity contribution >= 4 is 0 Å². The molecule has 0 aliphatic heterocycles. The summed E-state index contributed by atoms with van der Waals surface area (Å²) in [6, 6.07) is 10.9. The zero-order valence-electron chi connectivity index (χ0n) is 12.7. The van der Waals surface area contributed by atoms with Gasteiger partial charge in [-0.05, 0) is 18.5 Å². The summed E-state index contributed by atoms with van der Waals surface area (Å²) in [5, 5.41) is 3.60. The number of hydrogen-bond donors (Lipinski definition) is 1. The van der Waals surface area contributed by atoms with Crippen molar-refractivity contribution < 1.29 is 0 Å². The Labute approximate surface area is 122 Å². The molecule has 0 fully saturated rings. The molecule has 2 unspecified atom stereocenters. The average molecular weight is 271 g/mol. The molecule has 108 valence electrons. The van der Waals surface area contributed by atoms with E-state index in [4.69, 9.17) is 0 Å². The van der Waals surface area contributed by atoms with Crippen molar-refractivity contribution in [2.24, 2.45) is 0 Å². The third kappa shape index (κ3) is 3.28. The van der Waals surface area contributed by atoms with Crippen LogP contribution < -0.4 is 5.32 Å². The van der Waals surface area contributed by atoms with Crippen molar-refractivity contribution in [1.29, 1.82) is 0 Å². The van der Waals surface area contributed by atoms with Crippen molar-refractivity contribution in [2.75, 3.05) is 6.54 Å². The van der Waals surface area contributed by atoms with E-state index < -0.39 is 0 Å². The van der Waals surface area contributed by atoms with Crippen LogP contribution in [0.5, 0.6) is 0 Å². The number of imidazole rings is 1. The van der Waals surface area contributed by atoms with Gasteiger partial charge in [-0.15, -0.1) is 0 Å². The van der Waals surface area contributed by atoms with E-state index >= 15 is 0 Å². The number of rotatable bonds is 7. The quantitative estimate of drug-likeness (QED) is 0.831. The van der Waals surface area contributed by atoms with Crippen LogP contribution in [0.3, 0.4) is 0 Å². The molecule has 20 heavy (non-hydrogen) atoms. The van der Waals surface area contributed by atoms with Crippen LogP contribution in [0, 0.1) is 0 Å². The van der Waals surface area contributed by atoms with E-state index in [1.807, 2.05) is 6.20 Å². The highest BCUT2D eigenvalue weighted by Gasteiger charge is 2.23. The Morgan fingerprint density at radius 3 is 2.60 bits per heavy atom. The number of aryl methyl sites for hydroxylation is 1. The predicted octanol–water partition coefficient (Wildman–Crippen LogP) is 3.75. The highest BCUT2D eigenvalue weighted by molar-refractivity contribution is 5.22. The number of nitrogens with zero attached hydrogens (tertiary/aromatic N) is 2. The number of nitrogens with one attached hydrogen (secondary N) is 1. The zero-order chi connectivity index (χ0) is 14.4. The Hall–Kier alpha value is -1.61. The first-order valence-corrected chi connectivity index (χ1v) is 7.57. The summed E-state index contributed by atoms with van der Waals surface area (Å²) in [6.07, 6.45) is 5.12. The topological polar surface area (TPSA) is 29.9 Å². The second-order valence-electron chi connectivity index (χ2n) is 5.21. The lowest BCUT2D eigenvalue weighted by molar-refractivity contribution is 0.435. The molecule has 2 atom stereocenters. The van der Waals surface area contributed by atoms with Gasteiger partial charge in [-0.25, -0.2) is 4.98 Å². The first kappa shape index (κ1) is 14.8. The fourth-order valence-electron chi connectivity index (χ4n) is 2.69. The third-order valence-electron chi connectivity index (χ3n) is 3.74. The lowest BCUT2D eigenvalue weighted by Crippen LogP contribution is -2.28. The van der Waals surface area contributed by atoms with Gasteiger partial charge in [0, 0.05) is 24.9 Å². The van der Waals surface area contributed by atoms with Gasteiger partial charge in [-0.3, -0.25) is 0 Å². The van der Waals surface area contributed by atoms with E-state index in [0.29, 0.717) is 5.92 Å². The van der Waals surface area contributed by atoms with Crippen molar-refractivity contribution in [3.63, 3.8) is 0 Å². The Kier molecular flexibility index (Phi) is 5.36. The van der Waals surface area contributed by atoms with Crippen LogP contribution in [-0.2, 0) is 6.54 Å². The maximum atomic E-state index is 4.60. The van der Waals surface area contributed by atoms with Crippen LogP contribution in [-0.4, -0.2) is 16.1 Å². The molecule has 0 bridgehead atoms. The van der Waals surface area contributed by atoms with Gasteiger partial charge in [0.1, 0.15) is 5.82 Å². The fraction of sp³-hybridized carbons (Fsp3) is 0.471. The summed E-state index contributed by atoms with van der Waals surface area (Å²) in [6.45, 7) is 8.59. The van der Waals surface area contributed by atoms with Gasteiger partial charge < -0.3 is 9.88 Å². The molecule has 2 rings (SSSR count). The smallest absolute Gasteiger partial charge is 0.126 e. The molecule has 0 spiro atoms. The SMILES string of the molecule is CCCn1ccnc1C(NCC)C(C)c1ccccc1. The molecule has 1 aromatic heterocycles. The maximum Gasteiger partial charge on any atom is 0.126 e. The van der Waals surface area contributed by atoms with E-state index in [0.717, 1.165) is 25.3 Å². The van der Waals surface area contributed by atoms with Gasteiger partial charge in [-0.1, -0.05) is 51.1 Å². The van der Waals surface area contributed by atoms with Crippen LogP contribution in [0.1, 0.15) is 50.5 Å². The molecule has 3 nitrogen and oxygen atoms in total. The fourth-order valence-corrected chi connectivity index (χ4v) is 2.69. The molecule has 0 amide bonds. The molecule has 0 aliphatic rings. The second kappa shape index (κ2) is 7.25. The van der Waals surface area contributed by atoms with Crippen LogP contribution in [0.25, 0.3) is 0 Å². The second-order valence-corrected chi connectivity index (χ2v) is 5.21. The molecule has 1 heterocycles. The Balaban J connectivity index is 2.28. The Bertz CT molecular complexity index is 504. The molecular formula is C17H25N3. The Morgan fingerprint density at radius 2 is 1.95 bits per heavy atom. The number of likely N-dealkylation sites (N-methyl/N-ethyl adjacent to an activating group) is 1. The van der Waals surface area contributed by atoms with E-state index in [1.165, 1.54) is 5.56 Å². The molecule has 3 heteroatoms. The van der Waals surface area contributed by atoms with Crippen LogP contribution >= 0.6 is 0 Å². The minimum Gasteiger partial charge on any atom is -0.334 e.